The van der Waals surface area contributed by atoms with Crippen LogP contribution < -0.4 is 10.5 Å². The first-order valence-electron chi connectivity index (χ1n) is 6.76. The summed E-state index contributed by atoms with van der Waals surface area (Å²) in [6.45, 7) is 1.59. The van der Waals surface area contributed by atoms with Gasteiger partial charge in [-0.2, -0.15) is 0 Å². The number of benzene rings is 2. The second-order valence-corrected chi connectivity index (χ2v) is 4.81. The van der Waals surface area contributed by atoms with Crippen LogP contribution in [0.25, 0.3) is 0 Å². The predicted octanol–water partition coefficient (Wildman–Crippen LogP) is 2.52. The molecule has 0 saturated carbocycles. The lowest BCUT2D eigenvalue weighted by molar-refractivity contribution is -0.384. The second kappa shape index (κ2) is 7.17. The Morgan fingerprint density at radius 3 is 2.57 bits per heavy atom. The highest BCUT2D eigenvalue weighted by Crippen LogP contribution is 2.23. The SMILES string of the molecule is Cc1cc([N+](=O)[O-])ccc1N=Cc1ccc(OCC(N)=O)cc1. The van der Waals surface area contributed by atoms with Gasteiger partial charge in [-0.1, -0.05) is 0 Å². The van der Waals surface area contributed by atoms with Crippen molar-refractivity contribution >= 4 is 23.5 Å². The number of primary amides is 1. The number of aliphatic imine (C=N–C) groups is 1. The highest BCUT2D eigenvalue weighted by atomic mass is 16.6. The largest absolute Gasteiger partial charge is 0.484 e. The van der Waals surface area contributed by atoms with Crippen LogP contribution in [0.2, 0.25) is 0 Å². The van der Waals surface area contributed by atoms with E-state index in [9.17, 15) is 14.9 Å². The average molecular weight is 313 g/mol. The summed E-state index contributed by atoms with van der Waals surface area (Å²) >= 11 is 0. The molecule has 0 heterocycles. The third-order valence-corrected chi connectivity index (χ3v) is 3.01. The lowest BCUT2D eigenvalue weighted by Crippen LogP contribution is -2.19. The van der Waals surface area contributed by atoms with Crippen LogP contribution in [0.5, 0.6) is 5.75 Å². The van der Waals surface area contributed by atoms with Crippen molar-refractivity contribution in [1.82, 2.24) is 0 Å². The molecule has 0 fully saturated rings. The Labute approximate surface area is 132 Å². The van der Waals surface area contributed by atoms with Gasteiger partial charge in [0.25, 0.3) is 11.6 Å². The van der Waals surface area contributed by atoms with Crippen molar-refractivity contribution in [2.24, 2.45) is 10.7 Å². The van der Waals surface area contributed by atoms with Crippen LogP contribution in [0.3, 0.4) is 0 Å². The number of carbonyl (C=O) groups is 1. The zero-order valence-electron chi connectivity index (χ0n) is 12.4. The summed E-state index contributed by atoms with van der Waals surface area (Å²) < 4.78 is 5.16. The molecule has 0 spiro atoms. The van der Waals surface area contributed by atoms with E-state index in [1.165, 1.54) is 12.1 Å². The Bertz CT molecular complexity index is 754. The van der Waals surface area contributed by atoms with Crippen LogP contribution in [0.15, 0.2) is 47.5 Å². The van der Waals surface area contributed by atoms with E-state index in [2.05, 4.69) is 4.99 Å². The second-order valence-electron chi connectivity index (χ2n) is 4.81. The summed E-state index contributed by atoms with van der Waals surface area (Å²) in [6.07, 6.45) is 1.64. The number of nitro groups is 1. The Morgan fingerprint density at radius 2 is 2.00 bits per heavy atom. The molecule has 2 aromatic rings. The maximum absolute atomic E-state index is 10.7. The summed E-state index contributed by atoms with van der Waals surface area (Å²) in [5.41, 5.74) is 7.24. The van der Waals surface area contributed by atoms with Crippen LogP contribution in [0.1, 0.15) is 11.1 Å². The maximum atomic E-state index is 10.7. The number of aryl methyl sites for hydroxylation is 1. The van der Waals surface area contributed by atoms with Gasteiger partial charge in [-0.3, -0.25) is 19.9 Å². The minimum absolute atomic E-state index is 0.0393. The molecule has 0 aliphatic rings. The average Bonchev–Trinajstić information content (AvgIpc) is 2.52. The highest BCUT2D eigenvalue weighted by molar-refractivity contribution is 5.82. The fraction of sp³-hybridized carbons (Fsp3) is 0.125. The van der Waals surface area contributed by atoms with Crippen molar-refractivity contribution in [3.63, 3.8) is 0 Å². The number of rotatable bonds is 6. The minimum atomic E-state index is -0.538. The van der Waals surface area contributed by atoms with E-state index in [-0.39, 0.29) is 12.3 Å². The van der Waals surface area contributed by atoms with E-state index in [0.29, 0.717) is 11.4 Å². The number of hydrogen-bond acceptors (Lipinski definition) is 5. The van der Waals surface area contributed by atoms with E-state index >= 15 is 0 Å². The molecule has 0 bridgehead atoms. The third-order valence-electron chi connectivity index (χ3n) is 3.01. The first-order valence-corrected chi connectivity index (χ1v) is 6.76. The van der Waals surface area contributed by atoms with Crippen LogP contribution in [0, 0.1) is 17.0 Å². The van der Waals surface area contributed by atoms with Gasteiger partial charge in [-0.05, 0) is 48.4 Å². The van der Waals surface area contributed by atoms with E-state index in [0.717, 1.165) is 11.1 Å². The normalized spacial score (nSPS) is 10.7. The fourth-order valence-electron chi connectivity index (χ4n) is 1.85. The number of non-ortho nitro benzene ring substituents is 1. The number of nitro benzene ring substituents is 1. The van der Waals surface area contributed by atoms with Crippen molar-refractivity contribution in [1.29, 1.82) is 0 Å². The lowest BCUT2D eigenvalue weighted by Gasteiger charge is -2.03. The van der Waals surface area contributed by atoms with Gasteiger partial charge in [0.05, 0.1) is 10.6 Å². The molecule has 118 valence electrons. The molecule has 7 nitrogen and oxygen atoms in total. The number of amides is 1. The Kier molecular flexibility index (Phi) is 5.03. The molecule has 0 atom stereocenters. The van der Waals surface area contributed by atoms with Crippen LogP contribution in [0.4, 0.5) is 11.4 Å². The maximum Gasteiger partial charge on any atom is 0.269 e. The molecule has 7 heteroatoms. The molecular weight excluding hydrogens is 298 g/mol. The fourth-order valence-corrected chi connectivity index (χ4v) is 1.85. The van der Waals surface area contributed by atoms with Gasteiger partial charge in [0.2, 0.25) is 0 Å². The van der Waals surface area contributed by atoms with Crippen molar-refractivity contribution in [2.45, 2.75) is 6.92 Å². The number of ether oxygens (including phenoxy) is 1. The van der Waals surface area contributed by atoms with Gasteiger partial charge < -0.3 is 10.5 Å². The number of nitrogens with zero attached hydrogens (tertiary/aromatic N) is 2. The van der Waals surface area contributed by atoms with Crippen molar-refractivity contribution in [3.8, 4) is 5.75 Å². The molecule has 0 unspecified atom stereocenters. The van der Waals surface area contributed by atoms with Crippen LogP contribution in [-0.4, -0.2) is 23.7 Å². The third kappa shape index (κ3) is 4.63. The lowest BCUT2D eigenvalue weighted by atomic mass is 10.2. The molecule has 2 aromatic carbocycles. The topological polar surface area (TPSA) is 108 Å². The molecule has 2 N–H and O–H groups in total. The van der Waals surface area contributed by atoms with Gasteiger partial charge in [-0.25, -0.2) is 0 Å². The molecule has 2 rings (SSSR count). The number of carbonyl (C=O) groups excluding carboxylic acids is 1. The molecule has 23 heavy (non-hydrogen) atoms. The standard InChI is InChI=1S/C16H15N3O4/c1-11-8-13(19(21)22)4-7-15(11)18-9-12-2-5-14(6-3-12)23-10-16(17)20/h2-9H,10H2,1H3,(H2,17,20). The van der Waals surface area contributed by atoms with Gasteiger partial charge in [0.1, 0.15) is 5.75 Å². The molecule has 1 amide bonds. The summed E-state index contributed by atoms with van der Waals surface area (Å²) in [5.74, 6) is -0.00301. The summed E-state index contributed by atoms with van der Waals surface area (Å²) in [5, 5.41) is 10.7. The molecule has 0 aliphatic carbocycles. The summed E-state index contributed by atoms with van der Waals surface area (Å²) in [7, 11) is 0. The smallest absolute Gasteiger partial charge is 0.269 e. The zero-order valence-corrected chi connectivity index (χ0v) is 12.4. The Balaban J connectivity index is 2.08. The minimum Gasteiger partial charge on any atom is -0.484 e. The van der Waals surface area contributed by atoms with Crippen molar-refractivity contribution < 1.29 is 14.5 Å². The molecule has 0 saturated heterocycles. The quantitative estimate of drug-likeness (QED) is 0.502. The number of nitrogens with two attached hydrogens (primary N) is 1. The first-order chi connectivity index (χ1) is 11.0. The Hall–Kier alpha value is -3.22. The number of hydrogen-bond donors (Lipinski definition) is 1. The van der Waals surface area contributed by atoms with E-state index < -0.39 is 10.8 Å². The van der Waals surface area contributed by atoms with Crippen molar-refractivity contribution in [3.05, 3.63) is 63.7 Å². The molecule has 0 aliphatic heterocycles. The van der Waals surface area contributed by atoms with Crippen LogP contribution in [-0.2, 0) is 4.79 Å². The molecule has 0 radical (unpaired) electrons. The predicted molar refractivity (Wildman–Crippen MR) is 86.2 cm³/mol. The first kappa shape index (κ1) is 16.2. The van der Waals surface area contributed by atoms with Crippen molar-refractivity contribution in [2.75, 3.05) is 6.61 Å². The molecule has 0 aromatic heterocycles. The highest BCUT2D eigenvalue weighted by Gasteiger charge is 2.06. The Morgan fingerprint density at radius 1 is 1.30 bits per heavy atom. The summed E-state index contributed by atoms with van der Waals surface area (Å²) in [4.78, 5) is 25.2. The van der Waals surface area contributed by atoms with Gasteiger partial charge >= 0.3 is 0 Å². The van der Waals surface area contributed by atoms with E-state index in [4.69, 9.17) is 10.5 Å². The monoisotopic (exact) mass is 313 g/mol. The van der Waals surface area contributed by atoms with E-state index in [1.54, 1.807) is 43.5 Å². The molecular formula is C16H15N3O4. The zero-order chi connectivity index (χ0) is 16.8. The van der Waals surface area contributed by atoms with Gasteiger partial charge in [0, 0.05) is 18.3 Å². The van der Waals surface area contributed by atoms with E-state index in [1.807, 2.05) is 0 Å². The van der Waals surface area contributed by atoms with Crippen LogP contribution >= 0.6 is 0 Å². The van der Waals surface area contributed by atoms with Gasteiger partial charge in [-0.15, -0.1) is 0 Å². The van der Waals surface area contributed by atoms with Gasteiger partial charge in [0.15, 0.2) is 6.61 Å². The summed E-state index contributed by atoms with van der Waals surface area (Å²) in [6, 6.07) is 11.5.